The van der Waals surface area contributed by atoms with Crippen molar-refractivity contribution in [1.29, 1.82) is 0 Å². The lowest BCUT2D eigenvalue weighted by atomic mass is 10.1. The lowest BCUT2D eigenvalue weighted by Gasteiger charge is -2.35. The Bertz CT molecular complexity index is 933. The molecule has 1 fully saturated rings. The van der Waals surface area contributed by atoms with E-state index in [1.165, 1.54) is 0 Å². The van der Waals surface area contributed by atoms with Crippen LogP contribution in [-0.4, -0.2) is 47.0 Å². The highest BCUT2D eigenvalue weighted by Crippen LogP contribution is 2.17. The molecule has 0 atom stereocenters. The number of nitrogens with zero attached hydrogens (tertiary/aromatic N) is 4. The highest BCUT2D eigenvalue weighted by atomic mass is 16.1. The quantitative estimate of drug-likeness (QED) is 0.727. The largest absolute Gasteiger partial charge is 0.354 e. The van der Waals surface area contributed by atoms with Gasteiger partial charge < -0.3 is 10.2 Å². The molecule has 3 heterocycles. The maximum Gasteiger partial charge on any atom is 0.255 e. The fourth-order valence-corrected chi connectivity index (χ4v) is 3.41. The molecule has 6 nitrogen and oxygen atoms in total. The van der Waals surface area contributed by atoms with Crippen molar-refractivity contribution in [3.05, 3.63) is 83.8 Å². The fraction of sp³-hybridized carbons (Fsp3) is 0.261. The van der Waals surface area contributed by atoms with Crippen LogP contribution in [0.25, 0.3) is 0 Å². The highest BCUT2D eigenvalue weighted by Gasteiger charge is 2.18. The number of nitrogens with one attached hydrogen (secondary N) is 1. The fourth-order valence-electron chi connectivity index (χ4n) is 3.41. The summed E-state index contributed by atoms with van der Waals surface area (Å²) in [4.78, 5) is 26.0. The number of hydrogen-bond donors (Lipinski definition) is 1. The monoisotopic (exact) mass is 387 g/mol. The molecule has 0 saturated carbocycles. The van der Waals surface area contributed by atoms with Gasteiger partial charge in [0.2, 0.25) is 0 Å². The summed E-state index contributed by atoms with van der Waals surface area (Å²) in [5.41, 5.74) is 3.58. The topological polar surface area (TPSA) is 61.4 Å². The van der Waals surface area contributed by atoms with Crippen LogP contribution in [0.1, 0.15) is 21.6 Å². The van der Waals surface area contributed by atoms with Crippen LogP contribution in [-0.2, 0) is 6.54 Å². The van der Waals surface area contributed by atoms with Gasteiger partial charge in [-0.05, 0) is 43.3 Å². The first-order chi connectivity index (χ1) is 14.2. The minimum atomic E-state index is -0.123. The van der Waals surface area contributed by atoms with Gasteiger partial charge in [0.1, 0.15) is 5.82 Å². The molecule has 1 aliphatic heterocycles. The van der Waals surface area contributed by atoms with E-state index in [9.17, 15) is 4.79 Å². The third kappa shape index (κ3) is 4.97. The normalized spacial score (nSPS) is 14.6. The lowest BCUT2D eigenvalue weighted by Crippen LogP contribution is -2.46. The zero-order valence-electron chi connectivity index (χ0n) is 16.6. The summed E-state index contributed by atoms with van der Waals surface area (Å²) in [6.07, 6.45) is 3.57. The lowest BCUT2D eigenvalue weighted by molar-refractivity contribution is 0.102. The van der Waals surface area contributed by atoms with Crippen molar-refractivity contribution in [2.24, 2.45) is 0 Å². The summed E-state index contributed by atoms with van der Waals surface area (Å²) in [6, 6.07) is 17.5. The number of piperazine rings is 1. The Hall–Kier alpha value is -3.25. The molecular weight excluding hydrogens is 362 g/mol. The van der Waals surface area contributed by atoms with Crippen LogP contribution in [0.2, 0.25) is 0 Å². The van der Waals surface area contributed by atoms with Gasteiger partial charge in [0.15, 0.2) is 0 Å². The molecule has 1 aromatic carbocycles. The van der Waals surface area contributed by atoms with Crippen LogP contribution in [0.4, 0.5) is 11.5 Å². The first-order valence-electron chi connectivity index (χ1n) is 9.89. The molecule has 0 radical (unpaired) electrons. The molecule has 1 aliphatic rings. The molecule has 0 aliphatic carbocycles. The van der Waals surface area contributed by atoms with E-state index in [1.807, 2.05) is 61.7 Å². The Labute approximate surface area is 171 Å². The highest BCUT2D eigenvalue weighted by molar-refractivity contribution is 6.04. The van der Waals surface area contributed by atoms with E-state index < -0.39 is 0 Å². The molecule has 0 unspecified atom stereocenters. The first-order valence-corrected chi connectivity index (χ1v) is 9.89. The maximum absolute atomic E-state index is 12.3. The first kappa shape index (κ1) is 19.1. The van der Waals surface area contributed by atoms with Crippen LogP contribution >= 0.6 is 0 Å². The second kappa shape index (κ2) is 8.84. The molecular formula is C23H25N5O. The number of pyridine rings is 2. The molecule has 1 amide bonds. The van der Waals surface area contributed by atoms with Gasteiger partial charge in [-0.1, -0.05) is 23.8 Å². The van der Waals surface area contributed by atoms with Gasteiger partial charge in [0.25, 0.3) is 5.91 Å². The third-order valence-electron chi connectivity index (χ3n) is 5.13. The predicted molar refractivity (Wildman–Crippen MR) is 115 cm³/mol. The van der Waals surface area contributed by atoms with Gasteiger partial charge in [-0.25, -0.2) is 4.98 Å². The van der Waals surface area contributed by atoms with Gasteiger partial charge in [-0.2, -0.15) is 0 Å². The minimum Gasteiger partial charge on any atom is -0.354 e. The maximum atomic E-state index is 12.3. The number of carbonyl (C=O) groups is 1. The summed E-state index contributed by atoms with van der Waals surface area (Å²) < 4.78 is 0. The molecule has 2 aromatic heterocycles. The zero-order chi connectivity index (χ0) is 20.1. The van der Waals surface area contributed by atoms with Crippen molar-refractivity contribution in [1.82, 2.24) is 14.9 Å². The summed E-state index contributed by atoms with van der Waals surface area (Å²) in [7, 11) is 0. The summed E-state index contributed by atoms with van der Waals surface area (Å²) >= 11 is 0. The van der Waals surface area contributed by atoms with Crippen molar-refractivity contribution in [3.63, 3.8) is 0 Å². The molecule has 4 rings (SSSR count). The van der Waals surface area contributed by atoms with Crippen molar-refractivity contribution >= 4 is 17.4 Å². The molecule has 1 saturated heterocycles. The average molecular weight is 387 g/mol. The van der Waals surface area contributed by atoms with E-state index in [0.29, 0.717) is 11.3 Å². The van der Waals surface area contributed by atoms with Crippen LogP contribution in [0.15, 0.2) is 67.0 Å². The molecule has 6 heteroatoms. The number of carbonyl (C=O) groups excluding carboxylic acids is 1. The van der Waals surface area contributed by atoms with Crippen LogP contribution in [0, 0.1) is 6.92 Å². The second-order valence-corrected chi connectivity index (χ2v) is 7.31. The van der Waals surface area contributed by atoms with E-state index in [1.54, 1.807) is 6.20 Å². The summed E-state index contributed by atoms with van der Waals surface area (Å²) in [5, 5.41) is 2.91. The van der Waals surface area contributed by atoms with E-state index in [2.05, 4.69) is 31.2 Å². The number of aromatic nitrogens is 2. The van der Waals surface area contributed by atoms with Gasteiger partial charge >= 0.3 is 0 Å². The van der Waals surface area contributed by atoms with E-state index in [-0.39, 0.29) is 5.91 Å². The number of hydrogen-bond acceptors (Lipinski definition) is 5. The smallest absolute Gasteiger partial charge is 0.255 e. The number of anilines is 2. The SMILES string of the molecule is Cc1ccc(C(=O)Nc2ccc(N3CCN(Cc4ccccn4)CC3)nc2)cc1. The van der Waals surface area contributed by atoms with Crippen molar-refractivity contribution in [2.75, 3.05) is 36.4 Å². The molecule has 0 spiro atoms. The standard InChI is InChI=1S/C23H25N5O/c1-18-5-7-19(8-6-18)23(29)26-20-9-10-22(25-16-20)28-14-12-27(13-15-28)17-21-4-2-3-11-24-21/h2-11,16H,12-15,17H2,1H3,(H,26,29). The summed E-state index contributed by atoms with van der Waals surface area (Å²) in [6.45, 7) is 6.69. The second-order valence-electron chi connectivity index (χ2n) is 7.31. The average Bonchev–Trinajstić information content (AvgIpc) is 2.76. The number of aryl methyl sites for hydroxylation is 1. The molecule has 1 N–H and O–H groups in total. The van der Waals surface area contributed by atoms with Crippen molar-refractivity contribution in [3.8, 4) is 0 Å². The van der Waals surface area contributed by atoms with Gasteiger partial charge in [-0.15, -0.1) is 0 Å². The van der Waals surface area contributed by atoms with Gasteiger partial charge in [-0.3, -0.25) is 14.7 Å². The summed E-state index contributed by atoms with van der Waals surface area (Å²) in [5.74, 6) is 0.818. The molecule has 3 aromatic rings. The van der Waals surface area contributed by atoms with E-state index >= 15 is 0 Å². The van der Waals surface area contributed by atoms with Gasteiger partial charge in [0.05, 0.1) is 17.6 Å². The minimum absolute atomic E-state index is 0.123. The molecule has 0 bridgehead atoms. The van der Waals surface area contributed by atoms with Crippen LogP contribution in [0.3, 0.4) is 0 Å². The Morgan fingerprint density at radius 3 is 2.41 bits per heavy atom. The van der Waals surface area contributed by atoms with Crippen molar-refractivity contribution < 1.29 is 4.79 Å². The molecule has 148 valence electrons. The zero-order valence-corrected chi connectivity index (χ0v) is 16.6. The Kier molecular flexibility index (Phi) is 5.81. The van der Waals surface area contributed by atoms with Crippen LogP contribution < -0.4 is 10.2 Å². The Morgan fingerprint density at radius 2 is 1.76 bits per heavy atom. The van der Waals surface area contributed by atoms with E-state index in [0.717, 1.165) is 49.8 Å². The Morgan fingerprint density at radius 1 is 0.966 bits per heavy atom. The number of rotatable bonds is 5. The predicted octanol–water partition coefficient (Wildman–Crippen LogP) is 3.36. The number of amides is 1. The number of benzene rings is 1. The third-order valence-corrected chi connectivity index (χ3v) is 5.13. The van der Waals surface area contributed by atoms with Crippen molar-refractivity contribution in [2.45, 2.75) is 13.5 Å². The van der Waals surface area contributed by atoms with Gasteiger partial charge in [0, 0.05) is 44.5 Å². The molecule has 29 heavy (non-hydrogen) atoms. The Balaban J connectivity index is 1.30. The van der Waals surface area contributed by atoms with Crippen LogP contribution in [0.5, 0.6) is 0 Å². The van der Waals surface area contributed by atoms with E-state index in [4.69, 9.17) is 0 Å².